The summed E-state index contributed by atoms with van der Waals surface area (Å²) in [6.45, 7) is 5.57. The number of guanidine groups is 1. The number of aryl methyl sites for hydroxylation is 1. The highest BCUT2D eigenvalue weighted by molar-refractivity contribution is 14.0. The van der Waals surface area contributed by atoms with Crippen LogP contribution in [0.1, 0.15) is 24.3 Å². The molecule has 1 aliphatic rings. The number of benzene rings is 1. The molecule has 1 unspecified atom stereocenters. The van der Waals surface area contributed by atoms with Gasteiger partial charge in [-0.05, 0) is 19.8 Å². The number of nitrogens with zero attached hydrogens (tertiary/aromatic N) is 2. The number of hydrogen-bond donors (Lipinski definition) is 2. The maximum Gasteiger partial charge on any atom is 0.214 e. The molecule has 2 heterocycles. The van der Waals surface area contributed by atoms with E-state index in [1.54, 1.807) is 13.2 Å². The predicted octanol–water partition coefficient (Wildman–Crippen LogP) is 3.13. The van der Waals surface area contributed by atoms with E-state index in [-0.39, 0.29) is 30.1 Å². The van der Waals surface area contributed by atoms with Crippen LogP contribution in [-0.4, -0.2) is 50.5 Å². The van der Waals surface area contributed by atoms with Crippen LogP contribution in [0, 0.1) is 6.92 Å². The number of ether oxygens (including phenoxy) is 2. The van der Waals surface area contributed by atoms with Gasteiger partial charge in [-0.1, -0.05) is 29.8 Å². The minimum atomic E-state index is 0. The molecule has 1 saturated heterocycles. The summed E-state index contributed by atoms with van der Waals surface area (Å²) in [6.07, 6.45) is 3.92. The summed E-state index contributed by atoms with van der Waals surface area (Å²) in [6, 6.07) is 8.19. The van der Waals surface area contributed by atoms with Crippen molar-refractivity contribution in [3.05, 3.63) is 41.9 Å². The molecule has 2 N–H and O–H groups in total. The number of halogens is 1. The van der Waals surface area contributed by atoms with E-state index in [4.69, 9.17) is 13.9 Å². The molecule has 154 valence electrons. The second-order valence-electron chi connectivity index (χ2n) is 6.55. The maximum absolute atomic E-state index is 5.82. The van der Waals surface area contributed by atoms with Gasteiger partial charge in [0.05, 0.1) is 25.5 Å². The van der Waals surface area contributed by atoms with E-state index < -0.39 is 0 Å². The molecule has 7 nitrogen and oxygen atoms in total. The zero-order valence-corrected chi connectivity index (χ0v) is 18.8. The molecule has 2 aromatic rings. The molecule has 0 radical (unpaired) electrons. The molecule has 8 heteroatoms. The van der Waals surface area contributed by atoms with Crippen LogP contribution < -0.4 is 10.6 Å². The van der Waals surface area contributed by atoms with Gasteiger partial charge in [0.2, 0.25) is 5.89 Å². The van der Waals surface area contributed by atoms with E-state index in [0.717, 1.165) is 50.5 Å². The number of rotatable bonds is 8. The quantitative estimate of drug-likeness (QED) is 0.251. The molecule has 3 rings (SSSR count). The van der Waals surface area contributed by atoms with Crippen molar-refractivity contribution in [2.75, 3.05) is 33.4 Å². The molecular formula is C20H29IN4O3. The van der Waals surface area contributed by atoms with E-state index in [2.05, 4.69) is 39.7 Å². The number of nitrogens with one attached hydrogen (secondary N) is 2. The minimum absolute atomic E-state index is 0. The molecule has 1 aromatic carbocycles. The van der Waals surface area contributed by atoms with Gasteiger partial charge in [0.15, 0.2) is 11.7 Å². The molecular weight excluding hydrogens is 471 g/mol. The monoisotopic (exact) mass is 500 g/mol. The third kappa shape index (κ3) is 7.06. The number of aromatic nitrogens is 1. The van der Waals surface area contributed by atoms with Gasteiger partial charge in [-0.25, -0.2) is 4.98 Å². The summed E-state index contributed by atoms with van der Waals surface area (Å²) >= 11 is 0. The second kappa shape index (κ2) is 12.0. The largest absolute Gasteiger partial charge is 0.439 e. The summed E-state index contributed by atoms with van der Waals surface area (Å²) in [5.74, 6) is 2.11. The minimum Gasteiger partial charge on any atom is -0.439 e. The maximum atomic E-state index is 5.82. The Kier molecular flexibility index (Phi) is 9.72. The molecule has 1 aliphatic heterocycles. The highest BCUT2D eigenvalue weighted by atomic mass is 127. The van der Waals surface area contributed by atoms with Crippen LogP contribution in [0.2, 0.25) is 0 Å². The lowest BCUT2D eigenvalue weighted by Gasteiger charge is -2.12. The van der Waals surface area contributed by atoms with E-state index in [9.17, 15) is 0 Å². The molecule has 0 spiro atoms. The van der Waals surface area contributed by atoms with Crippen LogP contribution in [0.15, 0.2) is 39.9 Å². The van der Waals surface area contributed by atoms with Crippen LogP contribution in [0.5, 0.6) is 0 Å². The van der Waals surface area contributed by atoms with Crippen molar-refractivity contribution < 1.29 is 13.9 Å². The van der Waals surface area contributed by atoms with Crippen molar-refractivity contribution in [3.8, 4) is 11.3 Å². The Morgan fingerprint density at radius 1 is 1.29 bits per heavy atom. The van der Waals surface area contributed by atoms with Crippen LogP contribution in [-0.2, 0) is 16.0 Å². The first kappa shape index (κ1) is 22.6. The van der Waals surface area contributed by atoms with Crippen molar-refractivity contribution in [2.24, 2.45) is 4.99 Å². The molecule has 1 atom stereocenters. The van der Waals surface area contributed by atoms with Crippen molar-refractivity contribution in [2.45, 2.75) is 32.4 Å². The average molecular weight is 500 g/mol. The standard InChI is InChI=1S/C20H28N4O3.HI/c1-15-4-6-16(7-5-15)18-12-23-19(27-18)13-24-20(21-2)22-9-3-10-26-17-8-11-25-14-17;/h4-7,12,17H,3,8-11,13-14H2,1-2H3,(H2,21,22,24);1H. The zero-order valence-electron chi connectivity index (χ0n) is 16.4. The average Bonchev–Trinajstić information content (AvgIpc) is 3.36. The van der Waals surface area contributed by atoms with Gasteiger partial charge in [-0.3, -0.25) is 4.99 Å². The smallest absolute Gasteiger partial charge is 0.214 e. The van der Waals surface area contributed by atoms with Crippen LogP contribution >= 0.6 is 24.0 Å². The van der Waals surface area contributed by atoms with Crippen molar-refractivity contribution in [3.63, 3.8) is 0 Å². The molecule has 0 aliphatic carbocycles. The first-order chi connectivity index (χ1) is 13.2. The van der Waals surface area contributed by atoms with E-state index in [1.807, 2.05) is 12.1 Å². The Balaban J connectivity index is 0.00000280. The van der Waals surface area contributed by atoms with Gasteiger partial charge in [0.25, 0.3) is 0 Å². The van der Waals surface area contributed by atoms with E-state index in [0.29, 0.717) is 18.4 Å². The van der Waals surface area contributed by atoms with Gasteiger partial charge in [0.1, 0.15) is 0 Å². The highest BCUT2D eigenvalue weighted by Gasteiger charge is 2.15. The Morgan fingerprint density at radius 2 is 2.11 bits per heavy atom. The molecule has 0 bridgehead atoms. The molecule has 28 heavy (non-hydrogen) atoms. The van der Waals surface area contributed by atoms with E-state index in [1.165, 1.54) is 5.56 Å². The highest BCUT2D eigenvalue weighted by Crippen LogP contribution is 2.20. The zero-order chi connectivity index (χ0) is 18.9. The second-order valence-corrected chi connectivity index (χ2v) is 6.55. The Morgan fingerprint density at radius 3 is 2.82 bits per heavy atom. The summed E-state index contributed by atoms with van der Waals surface area (Å²) < 4.78 is 16.9. The Bertz CT molecular complexity index is 727. The van der Waals surface area contributed by atoms with Crippen molar-refractivity contribution in [1.82, 2.24) is 15.6 Å². The fourth-order valence-electron chi connectivity index (χ4n) is 2.80. The third-order valence-electron chi connectivity index (χ3n) is 4.38. The number of aliphatic imine (C=N–C) groups is 1. The predicted molar refractivity (Wildman–Crippen MR) is 120 cm³/mol. The van der Waals surface area contributed by atoms with Gasteiger partial charge in [0, 0.05) is 32.4 Å². The lowest BCUT2D eigenvalue weighted by atomic mass is 10.1. The van der Waals surface area contributed by atoms with Crippen molar-refractivity contribution in [1.29, 1.82) is 0 Å². The third-order valence-corrected chi connectivity index (χ3v) is 4.38. The van der Waals surface area contributed by atoms with Crippen LogP contribution in [0.25, 0.3) is 11.3 Å². The Hall–Kier alpha value is -1.65. The molecule has 1 fully saturated rings. The summed E-state index contributed by atoms with van der Waals surface area (Å²) in [4.78, 5) is 8.55. The first-order valence-electron chi connectivity index (χ1n) is 9.40. The fourth-order valence-corrected chi connectivity index (χ4v) is 2.80. The summed E-state index contributed by atoms with van der Waals surface area (Å²) in [5, 5.41) is 6.48. The van der Waals surface area contributed by atoms with Crippen LogP contribution in [0.3, 0.4) is 0 Å². The normalized spacial score (nSPS) is 16.6. The summed E-state index contributed by atoms with van der Waals surface area (Å²) in [5.41, 5.74) is 2.24. The van der Waals surface area contributed by atoms with Crippen molar-refractivity contribution >= 4 is 29.9 Å². The molecule has 0 saturated carbocycles. The topological polar surface area (TPSA) is 80.9 Å². The van der Waals surface area contributed by atoms with Gasteiger partial charge >= 0.3 is 0 Å². The number of hydrogen-bond acceptors (Lipinski definition) is 5. The SMILES string of the molecule is CN=C(NCCCOC1CCOC1)NCc1ncc(-c2ccc(C)cc2)o1.I. The molecule has 0 amide bonds. The number of oxazole rings is 1. The summed E-state index contributed by atoms with van der Waals surface area (Å²) in [7, 11) is 1.75. The Labute approximate surface area is 183 Å². The van der Waals surface area contributed by atoms with E-state index >= 15 is 0 Å². The van der Waals surface area contributed by atoms with Gasteiger partial charge < -0.3 is 24.5 Å². The lowest BCUT2D eigenvalue weighted by molar-refractivity contribution is 0.0420. The first-order valence-corrected chi connectivity index (χ1v) is 9.40. The molecule has 1 aromatic heterocycles. The fraction of sp³-hybridized carbons (Fsp3) is 0.500. The van der Waals surface area contributed by atoms with Crippen LogP contribution in [0.4, 0.5) is 0 Å². The van der Waals surface area contributed by atoms with Gasteiger partial charge in [-0.15, -0.1) is 24.0 Å². The van der Waals surface area contributed by atoms with Gasteiger partial charge in [-0.2, -0.15) is 0 Å². The lowest BCUT2D eigenvalue weighted by Crippen LogP contribution is -2.37.